The Morgan fingerprint density at radius 3 is 2.86 bits per heavy atom. The molecule has 4 heteroatoms. The van der Waals surface area contributed by atoms with Crippen molar-refractivity contribution in [1.82, 2.24) is 10.6 Å². The van der Waals surface area contributed by atoms with E-state index in [1.807, 2.05) is 19.1 Å². The van der Waals surface area contributed by atoms with Gasteiger partial charge in [-0.25, -0.2) is 0 Å². The van der Waals surface area contributed by atoms with Crippen molar-refractivity contribution < 1.29 is 9.90 Å². The van der Waals surface area contributed by atoms with E-state index >= 15 is 0 Å². The second-order valence-corrected chi connectivity index (χ2v) is 6.36. The third kappa shape index (κ3) is 4.21. The fraction of sp³-hybridized carbons (Fsp3) is 0.588. The fourth-order valence-corrected chi connectivity index (χ4v) is 2.79. The van der Waals surface area contributed by atoms with E-state index in [1.165, 1.54) is 5.56 Å². The minimum Gasteiger partial charge on any atom is -0.508 e. The summed E-state index contributed by atoms with van der Waals surface area (Å²) >= 11 is 0. The van der Waals surface area contributed by atoms with Crippen molar-refractivity contribution in [2.75, 3.05) is 6.54 Å². The molecule has 0 aliphatic heterocycles. The summed E-state index contributed by atoms with van der Waals surface area (Å²) < 4.78 is 0. The number of phenols is 1. The summed E-state index contributed by atoms with van der Waals surface area (Å²) in [5.41, 5.74) is 2.40. The third-order valence-electron chi connectivity index (χ3n) is 3.97. The number of carbonyl (C=O) groups excluding carboxylic acids is 1. The van der Waals surface area contributed by atoms with Crippen molar-refractivity contribution in [3.05, 3.63) is 29.3 Å². The highest BCUT2D eigenvalue weighted by molar-refractivity contribution is 5.81. The lowest BCUT2D eigenvalue weighted by molar-refractivity contribution is -0.123. The van der Waals surface area contributed by atoms with Crippen LogP contribution in [0, 0.1) is 5.92 Å². The maximum atomic E-state index is 12.1. The lowest BCUT2D eigenvalue weighted by Crippen LogP contribution is -2.45. The van der Waals surface area contributed by atoms with Crippen LogP contribution in [0.2, 0.25) is 0 Å². The maximum Gasteiger partial charge on any atom is 0.236 e. The van der Waals surface area contributed by atoms with Crippen LogP contribution >= 0.6 is 0 Å². The number of nitrogens with one attached hydrogen (secondary N) is 2. The molecular formula is C17H26N2O2. The van der Waals surface area contributed by atoms with Gasteiger partial charge in [0.25, 0.3) is 0 Å². The summed E-state index contributed by atoms with van der Waals surface area (Å²) in [6, 6.07) is 5.45. The van der Waals surface area contributed by atoms with Crippen LogP contribution in [0.15, 0.2) is 18.2 Å². The van der Waals surface area contributed by atoms with Crippen LogP contribution in [-0.2, 0) is 11.2 Å². The van der Waals surface area contributed by atoms with Gasteiger partial charge in [0, 0.05) is 12.6 Å². The summed E-state index contributed by atoms with van der Waals surface area (Å²) in [4.78, 5) is 12.1. The van der Waals surface area contributed by atoms with Gasteiger partial charge in [-0.2, -0.15) is 0 Å². The second kappa shape index (κ2) is 6.94. The standard InChI is InChI=1S/C17H26N2O2/c1-11(2)10-18-17(21)12(3)19-16-6-4-5-13-7-8-14(20)9-15(13)16/h7-9,11-12,16,19-20H,4-6,10H2,1-3H3,(H,18,21). The van der Waals surface area contributed by atoms with Gasteiger partial charge in [0.05, 0.1) is 6.04 Å². The van der Waals surface area contributed by atoms with Gasteiger partial charge in [-0.1, -0.05) is 19.9 Å². The van der Waals surface area contributed by atoms with Gasteiger partial charge in [-0.3, -0.25) is 10.1 Å². The van der Waals surface area contributed by atoms with E-state index in [2.05, 4.69) is 24.5 Å². The van der Waals surface area contributed by atoms with Crippen molar-refractivity contribution in [3.63, 3.8) is 0 Å². The van der Waals surface area contributed by atoms with E-state index in [0.29, 0.717) is 18.2 Å². The van der Waals surface area contributed by atoms with Gasteiger partial charge >= 0.3 is 0 Å². The number of benzene rings is 1. The van der Waals surface area contributed by atoms with Gasteiger partial charge in [-0.15, -0.1) is 0 Å². The number of hydrogen-bond acceptors (Lipinski definition) is 3. The maximum absolute atomic E-state index is 12.1. The molecule has 1 aromatic carbocycles. The van der Waals surface area contributed by atoms with E-state index in [4.69, 9.17) is 0 Å². The molecule has 2 rings (SSSR count). The number of fused-ring (bicyclic) bond motifs is 1. The predicted octanol–water partition coefficient (Wildman–Crippen LogP) is 2.52. The highest BCUT2D eigenvalue weighted by atomic mass is 16.3. The van der Waals surface area contributed by atoms with Crippen molar-refractivity contribution in [1.29, 1.82) is 0 Å². The molecular weight excluding hydrogens is 264 g/mol. The second-order valence-electron chi connectivity index (χ2n) is 6.36. The van der Waals surface area contributed by atoms with Gasteiger partial charge in [0.1, 0.15) is 5.75 Å². The number of phenolic OH excluding ortho intramolecular Hbond substituents is 1. The summed E-state index contributed by atoms with van der Waals surface area (Å²) in [5, 5.41) is 16.0. The average Bonchev–Trinajstić information content (AvgIpc) is 2.45. The number of aromatic hydroxyl groups is 1. The zero-order valence-electron chi connectivity index (χ0n) is 13.1. The SMILES string of the molecule is CC(C)CNC(=O)C(C)NC1CCCc2ccc(O)cc21. The highest BCUT2D eigenvalue weighted by Gasteiger charge is 2.24. The third-order valence-corrected chi connectivity index (χ3v) is 3.97. The zero-order valence-corrected chi connectivity index (χ0v) is 13.1. The minimum absolute atomic E-state index is 0.0379. The topological polar surface area (TPSA) is 61.4 Å². The molecule has 4 nitrogen and oxygen atoms in total. The molecule has 3 N–H and O–H groups in total. The monoisotopic (exact) mass is 290 g/mol. The van der Waals surface area contributed by atoms with Crippen LogP contribution in [0.25, 0.3) is 0 Å². The smallest absolute Gasteiger partial charge is 0.236 e. The quantitative estimate of drug-likeness (QED) is 0.781. The van der Waals surface area contributed by atoms with E-state index in [1.54, 1.807) is 6.07 Å². The number of hydrogen-bond donors (Lipinski definition) is 3. The summed E-state index contributed by atoms with van der Waals surface area (Å²) in [6.45, 7) is 6.76. The molecule has 21 heavy (non-hydrogen) atoms. The Balaban J connectivity index is 2.01. The van der Waals surface area contributed by atoms with Crippen LogP contribution in [-0.4, -0.2) is 23.6 Å². The average molecular weight is 290 g/mol. The molecule has 0 radical (unpaired) electrons. The molecule has 0 spiro atoms. The lowest BCUT2D eigenvalue weighted by atomic mass is 9.87. The fourth-order valence-electron chi connectivity index (χ4n) is 2.79. The van der Waals surface area contributed by atoms with Crippen molar-refractivity contribution >= 4 is 5.91 Å². The van der Waals surface area contributed by atoms with Crippen LogP contribution < -0.4 is 10.6 Å². The van der Waals surface area contributed by atoms with E-state index in [9.17, 15) is 9.90 Å². The number of carbonyl (C=O) groups is 1. The van der Waals surface area contributed by atoms with Crippen molar-refractivity contribution in [2.24, 2.45) is 5.92 Å². The largest absolute Gasteiger partial charge is 0.508 e. The van der Waals surface area contributed by atoms with Crippen LogP contribution in [0.3, 0.4) is 0 Å². The normalized spacial score (nSPS) is 19.1. The van der Waals surface area contributed by atoms with E-state index in [0.717, 1.165) is 24.8 Å². The molecule has 1 aliphatic rings. The van der Waals surface area contributed by atoms with Gasteiger partial charge in [-0.05, 0) is 55.4 Å². The Bertz CT molecular complexity index is 500. The Labute approximate surface area is 126 Å². The van der Waals surface area contributed by atoms with Gasteiger partial charge in [0.15, 0.2) is 0 Å². The van der Waals surface area contributed by atoms with Gasteiger partial charge < -0.3 is 10.4 Å². The Morgan fingerprint density at radius 1 is 1.38 bits per heavy atom. The number of rotatable bonds is 5. The first-order chi connectivity index (χ1) is 9.97. The van der Waals surface area contributed by atoms with E-state index < -0.39 is 0 Å². The van der Waals surface area contributed by atoms with Crippen molar-refractivity contribution in [2.45, 2.75) is 52.1 Å². The molecule has 0 heterocycles. The van der Waals surface area contributed by atoms with Crippen LogP contribution in [0.5, 0.6) is 5.75 Å². The molecule has 0 fully saturated rings. The number of aryl methyl sites for hydroxylation is 1. The summed E-state index contributed by atoms with van der Waals surface area (Å²) in [5.74, 6) is 0.781. The molecule has 116 valence electrons. The zero-order chi connectivity index (χ0) is 15.4. The first-order valence-corrected chi connectivity index (χ1v) is 7.83. The molecule has 0 aromatic heterocycles. The number of amides is 1. The summed E-state index contributed by atoms with van der Waals surface area (Å²) in [6.07, 6.45) is 3.15. The predicted molar refractivity (Wildman–Crippen MR) is 84.2 cm³/mol. The minimum atomic E-state index is -0.234. The summed E-state index contributed by atoms with van der Waals surface area (Å²) in [7, 11) is 0. The molecule has 1 aromatic rings. The molecule has 0 bridgehead atoms. The molecule has 0 saturated heterocycles. The molecule has 0 saturated carbocycles. The Kier molecular flexibility index (Phi) is 5.23. The van der Waals surface area contributed by atoms with Crippen LogP contribution in [0.1, 0.15) is 50.8 Å². The van der Waals surface area contributed by atoms with E-state index in [-0.39, 0.29) is 18.0 Å². The first kappa shape index (κ1) is 15.8. The highest BCUT2D eigenvalue weighted by Crippen LogP contribution is 2.32. The van der Waals surface area contributed by atoms with Crippen LogP contribution in [0.4, 0.5) is 0 Å². The van der Waals surface area contributed by atoms with Gasteiger partial charge in [0.2, 0.25) is 5.91 Å². The molecule has 1 aliphatic carbocycles. The Hall–Kier alpha value is -1.55. The first-order valence-electron chi connectivity index (χ1n) is 7.83. The Morgan fingerprint density at radius 2 is 2.14 bits per heavy atom. The molecule has 2 unspecified atom stereocenters. The molecule has 2 atom stereocenters. The lowest BCUT2D eigenvalue weighted by Gasteiger charge is -2.29. The molecule has 1 amide bonds. The van der Waals surface area contributed by atoms with Crippen molar-refractivity contribution in [3.8, 4) is 5.75 Å².